The number of fused-ring (bicyclic) bond motifs is 2. The topological polar surface area (TPSA) is 38.3 Å². The second-order valence-electron chi connectivity index (χ2n) is 4.14. The number of allylic oxidation sites excluding steroid dienone is 1. The van der Waals surface area contributed by atoms with Crippen molar-refractivity contribution in [3.63, 3.8) is 0 Å². The molecule has 0 spiro atoms. The molecule has 18 heavy (non-hydrogen) atoms. The number of carbonyl (C=O) groups is 1. The highest BCUT2D eigenvalue weighted by molar-refractivity contribution is 7.15. The summed E-state index contributed by atoms with van der Waals surface area (Å²) in [5, 5.41) is 3.46. The molecule has 0 fully saturated rings. The lowest BCUT2D eigenvalue weighted by atomic mass is 10.2. The number of carbonyl (C=O) groups excluding carboxylic acids is 1. The minimum absolute atomic E-state index is 0.140. The monoisotopic (exact) mass is 257 g/mol. The van der Waals surface area contributed by atoms with Gasteiger partial charge in [-0.3, -0.25) is 4.79 Å². The van der Waals surface area contributed by atoms with E-state index in [1.165, 1.54) is 11.3 Å². The fraction of sp³-hybridized carbons (Fsp3) is 0.0714. The van der Waals surface area contributed by atoms with Crippen molar-refractivity contribution in [3.05, 3.63) is 47.4 Å². The first kappa shape index (κ1) is 11.0. The number of amides is 1. The van der Waals surface area contributed by atoms with Crippen molar-refractivity contribution < 1.29 is 9.53 Å². The lowest BCUT2D eigenvalue weighted by Gasteiger charge is -2.05. The Morgan fingerprint density at radius 3 is 2.94 bits per heavy atom. The predicted octanol–water partition coefficient (Wildman–Crippen LogP) is 4.14. The van der Waals surface area contributed by atoms with Gasteiger partial charge in [0.25, 0.3) is 5.91 Å². The average molecular weight is 257 g/mol. The van der Waals surface area contributed by atoms with Gasteiger partial charge in [0.2, 0.25) is 0 Å². The van der Waals surface area contributed by atoms with Crippen LogP contribution in [0, 0.1) is 0 Å². The quantitative estimate of drug-likeness (QED) is 0.833. The summed E-state index contributed by atoms with van der Waals surface area (Å²) in [6, 6.07) is 9.22. The average Bonchev–Trinajstić information content (AvgIpc) is 2.71. The van der Waals surface area contributed by atoms with Gasteiger partial charge >= 0.3 is 0 Å². The smallest absolute Gasteiger partial charge is 0.260 e. The molecule has 2 heterocycles. The van der Waals surface area contributed by atoms with Gasteiger partial charge in [0.05, 0.1) is 11.3 Å². The second-order valence-corrected chi connectivity index (χ2v) is 5.16. The van der Waals surface area contributed by atoms with Crippen LogP contribution in [0.25, 0.3) is 5.57 Å². The van der Waals surface area contributed by atoms with Crippen LogP contribution in [0.5, 0.6) is 10.8 Å². The lowest BCUT2D eigenvalue weighted by molar-refractivity contribution is 0.102. The Kier molecular flexibility index (Phi) is 2.45. The Labute approximate surface area is 109 Å². The van der Waals surface area contributed by atoms with E-state index in [9.17, 15) is 4.79 Å². The number of anilines is 1. The van der Waals surface area contributed by atoms with Crippen molar-refractivity contribution in [1.29, 1.82) is 0 Å². The molecule has 4 heteroatoms. The number of rotatable bonds is 1. The van der Waals surface area contributed by atoms with Gasteiger partial charge in [0.15, 0.2) is 10.8 Å². The highest BCUT2D eigenvalue weighted by atomic mass is 32.1. The zero-order valence-electron chi connectivity index (χ0n) is 9.82. The first-order valence-corrected chi connectivity index (χ1v) is 6.35. The maximum absolute atomic E-state index is 12.1. The third kappa shape index (κ3) is 1.71. The molecule has 0 saturated carbocycles. The van der Waals surface area contributed by atoms with Crippen LogP contribution in [-0.2, 0) is 0 Å². The molecule has 0 bridgehead atoms. The summed E-state index contributed by atoms with van der Waals surface area (Å²) in [7, 11) is 0. The number of benzene rings is 1. The largest absolute Gasteiger partial charge is 0.444 e. The van der Waals surface area contributed by atoms with Gasteiger partial charge in [0.1, 0.15) is 0 Å². The molecule has 1 amide bonds. The molecule has 1 aliphatic heterocycles. The number of para-hydroxylation sites is 2. The second kappa shape index (κ2) is 3.99. The van der Waals surface area contributed by atoms with Crippen LogP contribution in [0.1, 0.15) is 22.2 Å². The van der Waals surface area contributed by atoms with E-state index >= 15 is 0 Å². The highest BCUT2D eigenvalue weighted by Crippen LogP contribution is 2.41. The Morgan fingerprint density at radius 2 is 2.17 bits per heavy atom. The number of nitrogens with one attached hydrogen (secondary N) is 1. The molecule has 1 N–H and O–H groups in total. The number of hydrogen-bond donors (Lipinski definition) is 1. The molecular weight excluding hydrogens is 246 g/mol. The standard InChI is InChI=1S/C14H11NO2S/c1-8(2)12-7-9-13(16)15-10-5-3-4-6-11(10)17-14(9)18-12/h3-7H,1H2,2H3,(H,15,16). The zero-order valence-corrected chi connectivity index (χ0v) is 10.6. The molecule has 1 aliphatic rings. The fourth-order valence-electron chi connectivity index (χ4n) is 1.77. The van der Waals surface area contributed by atoms with Crippen molar-refractivity contribution >= 4 is 28.5 Å². The van der Waals surface area contributed by atoms with Crippen molar-refractivity contribution in [1.82, 2.24) is 0 Å². The van der Waals surface area contributed by atoms with Gasteiger partial charge in [-0.25, -0.2) is 0 Å². The van der Waals surface area contributed by atoms with Gasteiger partial charge < -0.3 is 10.1 Å². The molecule has 2 aromatic rings. The summed E-state index contributed by atoms with van der Waals surface area (Å²) in [5.41, 5.74) is 2.19. The van der Waals surface area contributed by atoms with E-state index in [-0.39, 0.29) is 5.91 Å². The van der Waals surface area contributed by atoms with E-state index in [0.29, 0.717) is 22.1 Å². The fourth-order valence-corrected chi connectivity index (χ4v) is 2.71. The van der Waals surface area contributed by atoms with Crippen LogP contribution in [0.3, 0.4) is 0 Å². The number of hydrogen-bond acceptors (Lipinski definition) is 3. The molecule has 90 valence electrons. The molecule has 0 unspecified atom stereocenters. The summed E-state index contributed by atoms with van der Waals surface area (Å²) < 4.78 is 5.80. The Bertz CT molecular complexity index is 658. The highest BCUT2D eigenvalue weighted by Gasteiger charge is 2.23. The van der Waals surface area contributed by atoms with Crippen molar-refractivity contribution in [2.75, 3.05) is 5.32 Å². The molecular formula is C14H11NO2S. The van der Waals surface area contributed by atoms with Crippen molar-refractivity contribution in [2.24, 2.45) is 0 Å². The van der Waals surface area contributed by atoms with E-state index in [1.54, 1.807) is 0 Å². The van der Waals surface area contributed by atoms with Gasteiger partial charge in [-0.1, -0.05) is 30.0 Å². The van der Waals surface area contributed by atoms with Crippen molar-refractivity contribution in [3.8, 4) is 10.8 Å². The Hall–Kier alpha value is -2.07. The molecule has 0 aliphatic carbocycles. The minimum Gasteiger partial charge on any atom is -0.444 e. The molecule has 1 aromatic carbocycles. The zero-order chi connectivity index (χ0) is 12.7. The van der Waals surface area contributed by atoms with E-state index < -0.39 is 0 Å². The third-order valence-electron chi connectivity index (χ3n) is 2.70. The number of ether oxygens (including phenoxy) is 1. The Morgan fingerprint density at radius 1 is 1.39 bits per heavy atom. The molecule has 1 aromatic heterocycles. The first-order chi connectivity index (χ1) is 8.65. The first-order valence-electron chi connectivity index (χ1n) is 5.53. The van der Waals surface area contributed by atoms with Crippen LogP contribution in [-0.4, -0.2) is 5.91 Å². The van der Waals surface area contributed by atoms with E-state index in [0.717, 1.165) is 10.5 Å². The molecule has 3 rings (SSSR count). The van der Waals surface area contributed by atoms with Gasteiger partial charge in [0, 0.05) is 4.88 Å². The van der Waals surface area contributed by atoms with E-state index in [2.05, 4.69) is 11.9 Å². The summed E-state index contributed by atoms with van der Waals surface area (Å²) >= 11 is 1.44. The summed E-state index contributed by atoms with van der Waals surface area (Å²) in [6.45, 7) is 5.80. The molecule has 0 radical (unpaired) electrons. The summed E-state index contributed by atoms with van der Waals surface area (Å²) in [4.78, 5) is 13.1. The normalized spacial score (nSPS) is 12.8. The predicted molar refractivity (Wildman–Crippen MR) is 73.5 cm³/mol. The molecule has 0 atom stereocenters. The van der Waals surface area contributed by atoms with Gasteiger partial charge in [-0.2, -0.15) is 0 Å². The van der Waals surface area contributed by atoms with Gasteiger partial charge in [-0.15, -0.1) is 0 Å². The number of thiophene rings is 1. The van der Waals surface area contributed by atoms with Crippen LogP contribution in [0.2, 0.25) is 0 Å². The van der Waals surface area contributed by atoms with Crippen LogP contribution in [0.15, 0.2) is 36.9 Å². The maximum Gasteiger partial charge on any atom is 0.260 e. The van der Waals surface area contributed by atoms with Crippen LogP contribution >= 0.6 is 11.3 Å². The van der Waals surface area contributed by atoms with E-state index in [1.807, 2.05) is 37.3 Å². The molecule has 0 saturated heterocycles. The van der Waals surface area contributed by atoms with Crippen molar-refractivity contribution in [2.45, 2.75) is 6.92 Å². The summed E-state index contributed by atoms with van der Waals surface area (Å²) in [5.74, 6) is 0.526. The minimum atomic E-state index is -0.140. The van der Waals surface area contributed by atoms with E-state index in [4.69, 9.17) is 4.74 Å². The molecule has 3 nitrogen and oxygen atoms in total. The third-order valence-corrected chi connectivity index (χ3v) is 3.88. The lowest BCUT2D eigenvalue weighted by Crippen LogP contribution is -2.09. The maximum atomic E-state index is 12.1. The van der Waals surface area contributed by atoms with Crippen LogP contribution < -0.4 is 10.1 Å². The SMILES string of the molecule is C=C(C)c1cc2c(s1)Oc1ccccc1NC2=O. The summed E-state index contributed by atoms with van der Waals surface area (Å²) in [6.07, 6.45) is 0. The van der Waals surface area contributed by atoms with Crippen LogP contribution in [0.4, 0.5) is 5.69 Å². The van der Waals surface area contributed by atoms with Gasteiger partial charge in [-0.05, 0) is 30.7 Å². The Balaban J connectivity index is 2.13.